The van der Waals surface area contributed by atoms with Crippen molar-refractivity contribution in [2.24, 2.45) is 11.8 Å². The van der Waals surface area contributed by atoms with Gasteiger partial charge in [-0.1, -0.05) is 12.2 Å². The number of nitrogens with one attached hydrogen (secondary N) is 1. The maximum atomic E-state index is 12.4. The fourth-order valence-corrected chi connectivity index (χ4v) is 3.20. The van der Waals surface area contributed by atoms with Gasteiger partial charge in [0, 0.05) is 0 Å². The van der Waals surface area contributed by atoms with E-state index in [9.17, 15) is 19.5 Å². The standard InChI is InChI=1S/C16H19NO5S/c1-9(2)22-16(21)12-7-8-23-14(12)17-13(18)10-5-3-4-6-11(10)15(19)20/h3-4,7-11H,5-6H2,1-2H3,(H,17,18)(H,19,20)/t10-,11-/m0/s1. The van der Waals surface area contributed by atoms with Crippen LogP contribution in [0.4, 0.5) is 5.00 Å². The lowest BCUT2D eigenvalue weighted by atomic mass is 9.82. The second-order valence-corrected chi connectivity index (χ2v) is 6.52. The Hall–Kier alpha value is -2.15. The number of carbonyl (C=O) groups is 3. The smallest absolute Gasteiger partial charge is 0.341 e. The van der Waals surface area contributed by atoms with Crippen molar-refractivity contribution in [2.45, 2.75) is 32.8 Å². The summed E-state index contributed by atoms with van der Waals surface area (Å²) in [7, 11) is 0. The third kappa shape index (κ3) is 4.19. The molecule has 0 saturated carbocycles. The number of carboxylic acids is 1. The number of carbonyl (C=O) groups excluding carboxylic acids is 2. The predicted molar refractivity (Wildman–Crippen MR) is 86.5 cm³/mol. The highest BCUT2D eigenvalue weighted by atomic mass is 32.1. The van der Waals surface area contributed by atoms with E-state index in [0.29, 0.717) is 17.8 Å². The number of allylic oxidation sites excluding steroid dienone is 2. The van der Waals surface area contributed by atoms with E-state index in [1.807, 2.05) is 6.08 Å². The van der Waals surface area contributed by atoms with Gasteiger partial charge in [0.2, 0.25) is 5.91 Å². The van der Waals surface area contributed by atoms with E-state index in [2.05, 4.69) is 5.32 Å². The van der Waals surface area contributed by atoms with Gasteiger partial charge in [-0.3, -0.25) is 9.59 Å². The molecule has 0 fully saturated rings. The van der Waals surface area contributed by atoms with E-state index in [0.717, 1.165) is 0 Å². The number of rotatable bonds is 5. The lowest BCUT2D eigenvalue weighted by Crippen LogP contribution is -2.34. The zero-order chi connectivity index (χ0) is 17.0. The molecule has 0 saturated heterocycles. The van der Waals surface area contributed by atoms with Gasteiger partial charge in [0.25, 0.3) is 0 Å². The predicted octanol–water partition coefficient (Wildman–Crippen LogP) is 2.92. The van der Waals surface area contributed by atoms with E-state index >= 15 is 0 Å². The quantitative estimate of drug-likeness (QED) is 0.636. The van der Waals surface area contributed by atoms with E-state index in [1.54, 1.807) is 31.4 Å². The van der Waals surface area contributed by atoms with Crippen LogP contribution in [0.15, 0.2) is 23.6 Å². The van der Waals surface area contributed by atoms with Crippen molar-refractivity contribution in [3.63, 3.8) is 0 Å². The molecule has 124 valence electrons. The van der Waals surface area contributed by atoms with Gasteiger partial charge in [-0.25, -0.2) is 4.79 Å². The van der Waals surface area contributed by atoms with Gasteiger partial charge in [-0.05, 0) is 38.1 Å². The average molecular weight is 337 g/mol. The number of ether oxygens (including phenoxy) is 1. The summed E-state index contributed by atoms with van der Waals surface area (Å²) in [5, 5.41) is 14.0. The molecule has 1 aromatic rings. The molecule has 1 aliphatic rings. The first kappa shape index (κ1) is 17.2. The van der Waals surface area contributed by atoms with Gasteiger partial charge >= 0.3 is 11.9 Å². The summed E-state index contributed by atoms with van der Waals surface area (Å²) in [6.45, 7) is 3.49. The minimum Gasteiger partial charge on any atom is -0.481 e. The first-order valence-corrected chi connectivity index (χ1v) is 8.25. The van der Waals surface area contributed by atoms with Gasteiger partial charge in [-0.15, -0.1) is 11.3 Å². The minimum atomic E-state index is -0.986. The Morgan fingerprint density at radius 2 is 1.91 bits per heavy atom. The molecule has 1 aliphatic carbocycles. The van der Waals surface area contributed by atoms with Gasteiger partial charge in [-0.2, -0.15) is 0 Å². The summed E-state index contributed by atoms with van der Waals surface area (Å²) < 4.78 is 5.13. The molecule has 23 heavy (non-hydrogen) atoms. The van der Waals surface area contributed by atoms with E-state index in [4.69, 9.17) is 4.74 Å². The molecule has 0 spiro atoms. The molecule has 0 unspecified atom stereocenters. The maximum Gasteiger partial charge on any atom is 0.341 e. The number of hydrogen-bond donors (Lipinski definition) is 2. The Kier molecular flexibility index (Phi) is 5.54. The van der Waals surface area contributed by atoms with Crippen LogP contribution >= 0.6 is 11.3 Å². The molecular weight excluding hydrogens is 318 g/mol. The van der Waals surface area contributed by atoms with Gasteiger partial charge in [0.15, 0.2) is 0 Å². The lowest BCUT2D eigenvalue weighted by Gasteiger charge is -2.24. The van der Waals surface area contributed by atoms with Gasteiger partial charge in [0.1, 0.15) is 5.00 Å². The number of anilines is 1. The number of esters is 1. The molecule has 1 aromatic heterocycles. The highest BCUT2D eigenvalue weighted by molar-refractivity contribution is 7.14. The Bertz CT molecular complexity index is 634. The Balaban J connectivity index is 2.12. The zero-order valence-corrected chi connectivity index (χ0v) is 13.8. The summed E-state index contributed by atoms with van der Waals surface area (Å²) in [4.78, 5) is 35.7. The van der Waals surface area contributed by atoms with E-state index in [-0.39, 0.29) is 17.6 Å². The van der Waals surface area contributed by atoms with Crippen molar-refractivity contribution in [1.29, 1.82) is 0 Å². The van der Waals surface area contributed by atoms with Crippen LogP contribution < -0.4 is 5.32 Å². The highest BCUT2D eigenvalue weighted by Crippen LogP contribution is 2.30. The summed E-state index contributed by atoms with van der Waals surface area (Å²) in [5.41, 5.74) is 0.287. The van der Waals surface area contributed by atoms with Gasteiger partial charge < -0.3 is 15.2 Å². The topological polar surface area (TPSA) is 92.7 Å². The molecule has 1 amide bonds. The minimum absolute atomic E-state index is 0.258. The van der Waals surface area contributed by atoms with Crippen LogP contribution in [0.5, 0.6) is 0 Å². The molecule has 0 aromatic carbocycles. The molecule has 2 atom stereocenters. The van der Waals surface area contributed by atoms with Crippen LogP contribution in [0.3, 0.4) is 0 Å². The first-order valence-electron chi connectivity index (χ1n) is 7.37. The molecule has 0 radical (unpaired) electrons. The lowest BCUT2D eigenvalue weighted by molar-refractivity contribution is -0.146. The monoisotopic (exact) mass is 337 g/mol. The average Bonchev–Trinajstić information content (AvgIpc) is 2.94. The Morgan fingerprint density at radius 3 is 2.52 bits per heavy atom. The summed E-state index contributed by atoms with van der Waals surface area (Å²) in [6, 6.07) is 1.58. The van der Waals surface area contributed by atoms with Crippen molar-refractivity contribution < 1.29 is 24.2 Å². The van der Waals surface area contributed by atoms with Crippen LogP contribution in [0.1, 0.15) is 37.0 Å². The van der Waals surface area contributed by atoms with Crippen LogP contribution in [0.25, 0.3) is 0 Å². The molecule has 7 heteroatoms. The highest BCUT2D eigenvalue weighted by Gasteiger charge is 2.34. The number of hydrogen-bond acceptors (Lipinski definition) is 5. The van der Waals surface area contributed by atoms with Crippen LogP contribution in [-0.4, -0.2) is 29.1 Å². The summed E-state index contributed by atoms with van der Waals surface area (Å²) in [6.07, 6.45) is 4.04. The van der Waals surface area contributed by atoms with E-state index in [1.165, 1.54) is 11.3 Å². The zero-order valence-electron chi connectivity index (χ0n) is 12.9. The molecular formula is C16H19NO5S. The third-order valence-corrected chi connectivity index (χ3v) is 4.38. The molecule has 6 nitrogen and oxygen atoms in total. The molecule has 0 bridgehead atoms. The second-order valence-electron chi connectivity index (χ2n) is 5.60. The first-order chi connectivity index (χ1) is 10.9. The Labute approximate surface area is 138 Å². The third-order valence-electron chi connectivity index (χ3n) is 3.55. The van der Waals surface area contributed by atoms with Gasteiger partial charge in [0.05, 0.1) is 23.5 Å². The van der Waals surface area contributed by atoms with Crippen molar-refractivity contribution >= 4 is 34.2 Å². The molecule has 2 N–H and O–H groups in total. The van der Waals surface area contributed by atoms with Crippen molar-refractivity contribution in [1.82, 2.24) is 0 Å². The van der Waals surface area contributed by atoms with Crippen molar-refractivity contribution in [3.8, 4) is 0 Å². The van der Waals surface area contributed by atoms with Crippen LogP contribution in [-0.2, 0) is 14.3 Å². The van der Waals surface area contributed by atoms with Crippen LogP contribution in [0.2, 0.25) is 0 Å². The largest absolute Gasteiger partial charge is 0.481 e. The fourth-order valence-electron chi connectivity index (χ4n) is 2.43. The second kappa shape index (κ2) is 7.41. The fraction of sp³-hybridized carbons (Fsp3) is 0.438. The number of amides is 1. The number of thiophene rings is 1. The van der Waals surface area contributed by atoms with Crippen molar-refractivity contribution in [3.05, 3.63) is 29.2 Å². The molecule has 2 rings (SSSR count). The molecule has 0 aliphatic heterocycles. The maximum absolute atomic E-state index is 12.4. The normalized spacial score (nSPS) is 20.3. The molecule has 1 heterocycles. The number of aliphatic carboxylic acids is 1. The SMILES string of the molecule is CC(C)OC(=O)c1ccsc1NC(=O)[C@H]1CC=CC[C@@H]1C(=O)O. The van der Waals surface area contributed by atoms with Crippen molar-refractivity contribution in [2.75, 3.05) is 5.32 Å². The number of carboxylic acid groups (broad SMARTS) is 1. The summed E-state index contributed by atoms with van der Waals surface area (Å²) in [5.74, 6) is -3.27. The van der Waals surface area contributed by atoms with Crippen LogP contribution in [0, 0.1) is 11.8 Å². The summed E-state index contributed by atoms with van der Waals surface area (Å²) >= 11 is 1.21. The Morgan fingerprint density at radius 1 is 1.26 bits per heavy atom. The van der Waals surface area contributed by atoms with E-state index < -0.39 is 23.8 Å².